The fourth-order valence-electron chi connectivity index (χ4n) is 2.89. The fourth-order valence-corrected chi connectivity index (χ4v) is 4.04. The van der Waals surface area contributed by atoms with E-state index >= 15 is 0 Å². The highest BCUT2D eigenvalue weighted by Gasteiger charge is 2.31. The Kier molecular flexibility index (Phi) is 5.64. The summed E-state index contributed by atoms with van der Waals surface area (Å²) in [6.45, 7) is 2.28. The van der Waals surface area contributed by atoms with Crippen LogP contribution in [-0.4, -0.2) is 30.9 Å². The van der Waals surface area contributed by atoms with E-state index in [2.05, 4.69) is 25.1 Å². The average molecular weight is 414 g/mol. The summed E-state index contributed by atoms with van der Waals surface area (Å²) >= 11 is 7.58. The van der Waals surface area contributed by atoms with Crippen molar-refractivity contribution < 1.29 is 4.79 Å². The second kappa shape index (κ2) is 8.32. The van der Waals surface area contributed by atoms with Crippen LogP contribution in [0.1, 0.15) is 31.4 Å². The molecule has 3 aromatic rings. The molecule has 1 aliphatic rings. The molecule has 6 nitrogen and oxygen atoms in total. The highest BCUT2D eigenvalue weighted by molar-refractivity contribution is 8.00. The van der Waals surface area contributed by atoms with E-state index in [4.69, 9.17) is 11.6 Å². The smallest absolute Gasteiger partial charge is 0.233 e. The van der Waals surface area contributed by atoms with Crippen molar-refractivity contribution in [3.05, 3.63) is 59.4 Å². The van der Waals surface area contributed by atoms with Crippen molar-refractivity contribution in [2.75, 3.05) is 0 Å². The summed E-state index contributed by atoms with van der Waals surface area (Å²) in [5.74, 6) is 0.750. The standard InChI is InChI=1S/C20H20ClN5OS/c1-13(19(27)23-12-14-5-2-3-7-17(14)21)28-20-25-24-18(26(20)16-8-9-16)15-6-4-10-22-11-15/h2-7,10-11,13,16H,8-9,12H2,1H3,(H,23,27)/t13-/m1/s1. The minimum Gasteiger partial charge on any atom is -0.351 e. The molecule has 0 aliphatic heterocycles. The number of hydrogen-bond acceptors (Lipinski definition) is 5. The van der Waals surface area contributed by atoms with Crippen LogP contribution in [0.4, 0.5) is 0 Å². The molecule has 0 bridgehead atoms. The summed E-state index contributed by atoms with van der Waals surface area (Å²) in [6.07, 6.45) is 5.73. The van der Waals surface area contributed by atoms with E-state index in [1.165, 1.54) is 11.8 Å². The van der Waals surface area contributed by atoms with Crippen molar-refractivity contribution in [1.29, 1.82) is 0 Å². The largest absolute Gasteiger partial charge is 0.351 e. The summed E-state index contributed by atoms with van der Waals surface area (Å²) in [5, 5.41) is 12.8. The Morgan fingerprint density at radius 3 is 2.82 bits per heavy atom. The number of nitrogens with zero attached hydrogens (tertiary/aromatic N) is 4. The Morgan fingerprint density at radius 1 is 1.29 bits per heavy atom. The van der Waals surface area contributed by atoms with Crippen molar-refractivity contribution in [2.45, 2.75) is 42.8 Å². The van der Waals surface area contributed by atoms with E-state index in [0.29, 0.717) is 17.6 Å². The number of amides is 1. The fraction of sp³-hybridized carbons (Fsp3) is 0.300. The van der Waals surface area contributed by atoms with E-state index in [0.717, 1.165) is 34.9 Å². The van der Waals surface area contributed by atoms with Gasteiger partial charge in [-0.25, -0.2) is 0 Å². The highest BCUT2D eigenvalue weighted by Crippen LogP contribution is 2.41. The highest BCUT2D eigenvalue weighted by atomic mass is 35.5. The predicted octanol–water partition coefficient (Wildman–Crippen LogP) is 4.13. The second-order valence-corrected chi connectivity index (χ2v) is 8.43. The first-order chi connectivity index (χ1) is 13.6. The quantitative estimate of drug-likeness (QED) is 0.589. The molecule has 2 heterocycles. The van der Waals surface area contributed by atoms with Gasteiger partial charge in [-0.3, -0.25) is 14.3 Å². The normalized spacial score (nSPS) is 14.6. The van der Waals surface area contributed by atoms with Crippen molar-refractivity contribution >= 4 is 29.3 Å². The molecule has 1 aliphatic carbocycles. The molecule has 28 heavy (non-hydrogen) atoms. The lowest BCUT2D eigenvalue weighted by atomic mass is 10.2. The van der Waals surface area contributed by atoms with Gasteiger partial charge >= 0.3 is 0 Å². The number of halogens is 1. The summed E-state index contributed by atoms with van der Waals surface area (Å²) < 4.78 is 2.14. The number of aromatic nitrogens is 4. The summed E-state index contributed by atoms with van der Waals surface area (Å²) in [4.78, 5) is 16.7. The Hall–Kier alpha value is -2.38. The molecule has 1 atom stereocenters. The number of hydrogen-bond donors (Lipinski definition) is 1. The maximum atomic E-state index is 12.6. The number of benzene rings is 1. The first-order valence-corrected chi connectivity index (χ1v) is 10.4. The van der Waals surface area contributed by atoms with Crippen LogP contribution in [0.3, 0.4) is 0 Å². The van der Waals surface area contributed by atoms with Crippen molar-refractivity contribution in [2.24, 2.45) is 0 Å². The van der Waals surface area contributed by atoms with Crippen LogP contribution < -0.4 is 5.32 Å². The molecule has 2 aromatic heterocycles. The molecular weight excluding hydrogens is 394 g/mol. The summed E-state index contributed by atoms with van der Waals surface area (Å²) in [5.41, 5.74) is 1.83. The molecule has 1 fully saturated rings. The Morgan fingerprint density at radius 2 is 2.11 bits per heavy atom. The van der Waals surface area contributed by atoms with Crippen LogP contribution >= 0.6 is 23.4 Å². The molecule has 0 saturated heterocycles. The minimum absolute atomic E-state index is 0.0572. The zero-order valence-corrected chi connectivity index (χ0v) is 17.0. The van der Waals surface area contributed by atoms with Crippen LogP contribution in [0.25, 0.3) is 11.4 Å². The van der Waals surface area contributed by atoms with Gasteiger partial charge in [0.15, 0.2) is 11.0 Å². The SMILES string of the molecule is C[C@@H](Sc1nnc(-c2cccnc2)n1C1CC1)C(=O)NCc1ccccc1Cl. The number of carbonyl (C=O) groups is 1. The summed E-state index contributed by atoms with van der Waals surface area (Å²) in [6, 6.07) is 11.8. The number of nitrogens with one attached hydrogen (secondary N) is 1. The Balaban J connectivity index is 1.46. The van der Waals surface area contributed by atoms with Crippen molar-refractivity contribution in [3.63, 3.8) is 0 Å². The van der Waals surface area contributed by atoms with Gasteiger partial charge in [0.2, 0.25) is 5.91 Å². The molecule has 1 saturated carbocycles. The predicted molar refractivity (Wildman–Crippen MR) is 110 cm³/mol. The third kappa shape index (κ3) is 4.20. The Bertz CT molecular complexity index is 974. The number of thioether (sulfide) groups is 1. The van der Waals surface area contributed by atoms with E-state index in [9.17, 15) is 4.79 Å². The lowest BCUT2D eigenvalue weighted by Crippen LogP contribution is -2.30. The Labute approximate surface area is 172 Å². The molecule has 1 N–H and O–H groups in total. The zero-order chi connectivity index (χ0) is 19.5. The molecule has 144 valence electrons. The minimum atomic E-state index is -0.300. The molecule has 0 spiro atoms. The molecule has 0 unspecified atom stereocenters. The van der Waals surface area contributed by atoms with Crippen LogP contribution in [-0.2, 0) is 11.3 Å². The molecule has 1 aromatic carbocycles. The van der Waals surface area contributed by atoms with Gasteiger partial charge in [-0.2, -0.15) is 0 Å². The van der Waals surface area contributed by atoms with Gasteiger partial charge in [0.1, 0.15) is 0 Å². The van der Waals surface area contributed by atoms with E-state index in [1.54, 1.807) is 12.4 Å². The maximum absolute atomic E-state index is 12.6. The molecule has 0 radical (unpaired) electrons. The third-order valence-electron chi connectivity index (χ3n) is 4.56. The van der Waals surface area contributed by atoms with Gasteiger partial charge in [0, 0.05) is 35.6 Å². The first-order valence-electron chi connectivity index (χ1n) is 9.16. The van der Waals surface area contributed by atoms with Crippen molar-refractivity contribution in [3.8, 4) is 11.4 Å². The van der Waals surface area contributed by atoms with Crippen LogP contribution in [0, 0.1) is 0 Å². The average Bonchev–Trinajstić information content (AvgIpc) is 3.47. The van der Waals surface area contributed by atoms with Gasteiger partial charge < -0.3 is 5.32 Å². The third-order valence-corrected chi connectivity index (χ3v) is 5.98. The van der Waals surface area contributed by atoms with E-state index in [1.807, 2.05) is 43.3 Å². The zero-order valence-electron chi connectivity index (χ0n) is 15.4. The topological polar surface area (TPSA) is 72.7 Å². The van der Waals surface area contributed by atoms with Gasteiger partial charge in [-0.15, -0.1) is 10.2 Å². The van der Waals surface area contributed by atoms with Crippen molar-refractivity contribution in [1.82, 2.24) is 25.1 Å². The number of rotatable bonds is 7. The second-order valence-electron chi connectivity index (χ2n) is 6.72. The van der Waals surface area contributed by atoms with Crippen LogP contribution in [0.5, 0.6) is 0 Å². The summed E-state index contributed by atoms with van der Waals surface area (Å²) in [7, 11) is 0. The van der Waals surface area contributed by atoms with Gasteiger partial charge in [-0.05, 0) is 43.5 Å². The molecule has 4 rings (SSSR count). The van der Waals surface area contributed by atoms with E-state index in [-0.39, 0.29) is 11.2 Å². The number of pyridine rings is 1. The first kappa shape index (κ1) is 19.0. The van der Waals surface area contributed by atoms with Gasteiger partial charge in [0.05, 0.1) is 5.25 Å². The van der Waals surface area contributed by atoms with Crippen LogP contribution in [0.15, 0.2) is 53.9 Å². The monoisotopic (exact) mass is 413 g/mol. The van der Waals surface area contributed by atoms with Crippen LogP contribution in [0.2, 0.25) is 5.02 Å². The molecule has 1 amide bonds. The van der Waals surface area contributed by atoms with E-state index < -0.39 is 0 Å². The van der Waals surface area contributed by atoms with Gasteiger partial charge in [0.25, 0.3) is 0 Å². The molecule has 8 heteroatoms. The van der Waals surface area contributed by atoms with Gasteiger partial charge in [-0.1, -0.05) is 41.6 Å². The molecular formula is C20H20ClN5OS. The lowest BCUT2D eigenvalue weighted by molar-refractivity contribution is -0.120. The number of carbonyl (C=O) groups excluding carboxylic acids is 1. The lowest BCUT2D eigenvalue weighted by Gasteiger charge is -2.14. The maximum Gasteiger partial charge on any atom is 0.233 e.